The Morgan fingerprint density at radius 2 is 1.96 bits per heavy atom. The minimum Gasteiger partial charge on any atom is -0.376 e. The largest absolute Gasteiger partial charge is 0.376 e. The van der Waals surface area contributed by atoms with E-state index in [1.807, 2.05) is 36.7 Å². The Morgan fingerprint density at radius 3 is 2.64 bits per heavy atom. The van der Waals surface area contributed by atoms with Gasteiger partial charge in [0, 0.05) is 56.5 Å². The van der Waals surface area contributed by atoms with Crippen LogP contribution in [0.2, 0.25) is 0 Å². The zero-order valence-corrected chi connectivity index (χ0v) is 15.2. The Kier molecular flexibility index (Phi) is 4.11. The van der Waals surface area contributed by atoms with E-state index in [-0.39, 0.29) is 5.91 Å². The molecular formula is C18H25N5O2. The fourth-order valence-corrected chi connectivity index (χ4v) is 3.95. The fraction of sp³-hybridized carbons (Fsp3) is 0.611. The molecule has 0 aromatic carbocycles. The smallest absolute Gasteiger partial charge is 0.274 e. The van der Waals surface area contributed by atoms with Crippen molar-refractivity contribution >= 4 is 5.91 Å². The Balaban J connectivity index is 1.46. The molecule has 0 N–H and O–H groups in total. The van der Waals surface area contributed by atoms with E-state index in [1.54, 1.807) is 4.68 Å². The highest BCUT2D eigenvalue weighted by Gasteiger charge is 2.30. The molecule has 7 heteroatoms. The number of carbonyl (C=O) groups excluding carboxylic acids is 1. The normalized spacial score (nSPS) is 18.4. The highest BCUT2D eigenvalue weighted by Crippen LogP contribution is 2.33. The first-order valence-electron chi connectivity index (χ1n) is 8.97. The molecule has 0 atom stereocenters. The zero-order chi connectivity index (χ0) is 17.6. The number of rotatable bonds is 2. The number of amides is 1. The lowest BCUT2D eigenvalue weighted by Gasteiger charge is -2.31. The van der Waals surface area contributed by atoms with Crippen LogP contribution in [0.25, 0.3) is 0 Å². The van der Waals surface area contributed by atoms with Crippen molar-refractivity contribution in [1.29, 1.82) is 0 Å². The fourth-order valence-electron chi connectivity index (χ4n) is 3.95. The van der Waals surface area contributed by atoms with Crippen molar-refractivity contribution in [1.82, 2.24) is 24.5 Å². The van der Waals surface area contributed by atoms with Gasteiger partial charge in [0.1, 0.15) is 0 Å². The molecule has 2 aromatic rings. The third kappa shape index (κ3) is 2.86. The summed E-state index contributed by atoms with van der Waals surface area (Å²) in [5.41, 5.74) is 5.31. The van der Waals surface area contributed by atoms with Gasteiger partial charge in [-0.3, -0.25) is 14.2 Å². The average molecular weight is 343 g/mol. The lowest BCUT2D eigenvalue weighted by atomic mass is 9.90. The molecule has 0 saturated carbocycles. The van der Waals surface area contributed by atoms with Gasteiger partial charge in [0.15, 0.2) is 5.69 Å². The van der Waals surface area contributed by atoms with Crippen LogP contribution in [0.5, 0.6) is 0 Å². The van der Waals surface area contributed by atoms with E-state index in [2.05, 4.69) is 5.10 Å². The summed E-state index contributed by atoms with van der Waals surface area (Å²) in [6.07, 6.45) is 2.83. The second-order valence-corrected chi connectivity index (χ2v) is 7.10. The van der Waals surface area contributed by atoms with E-state index in [0.717, 1.165) is 44.7 Å². The number of carbonyl (C=O) groups is 1. The lowest BCUT2D eigenvalue weighted by Crippen LogP contribution is -2.38. The molecule has 4 rings (SSSR count). The second-order valence-electron chi connectivity index (χ2n) is 7.10. The summed E-state index contributed by atoms with van der Waals surface area (Å²) in [7, 11) is 3.89. The Hall–Kier alpha value is -2.15. The van der Waals surface area contributed by atoms with E-state index in [4.69, 9.17) is 9.84 Å². The SMILES string of the molecule is Cc1cc(C(=O)N2CCC(c3nn(C)c4c3COCC4)CC2)nn1C. The van der Waals surface area contributed by atoms with Crippen molar-refractivity contribution in [3.05, 3.63) is 34.4 Å². The Labute approximate surface area is 147 Å². The molecule has 25 heavy (non-hydrogen) atoms. The van der Waals surface area contributed by atoms with Crippen LogP contribution in [0.15, 0.2) is 6.07 Å². The molecular weight excluding hydrogens is 318 g/mol. The molecule has 1 saturated heterocycles. The lowest BCUT2D eigenvalue weighted by molar-refractivity contribution is 0.0703. The summed E-state index contributed by atoms with van der Waals surface area (Å²) in [6, 6.07) is 1.86. The van der Waals surface area contributed by atoms with Crippen molar-refractivity contribution in [2.24, 2.45) is 14.1 Å². The predicted molar refractivity (Wildman–Crippen MR) is 92.4 cm³/mol. The van der Waals surface area contributed by atoms with Gasteiger partial charge in [-0.25, -0.2) is 0 Å². The van der Waals surface area contributed by atoms with Gasteiger partial charge < -0.3 is 9.64 Å². The molecule has 2 aromatic heterocycles. The third-order valence-electron chi connectivity index (χ3n) is 5.54. The first kappa shape index (κ1) is 16.3. The predicted octanol–water partition coefficient (Wildman–Crippen LogP) is 1.55. The van der Waals surface area contributed by atoms with E-state index < -0.39 is 0 Å². The maximum absolute atomic E-state index is 12.7. The summed E-state index contributed by atoms with van der Waals surface area (Å²) in [5, 5.41) is 9.09. The molecule has 2 aliphatic rings. The summed E-state index contributed by atoms with van der Waals surface area (Å²) in [6.45, 7) is 4.92. The number of nitrogens with zero attached hydrogens (tertiary/aromatic N) is 5. The number of aromatic nitrogens is 4. The molecule has 0 aliphatic carbocycles. The van der Waals surface area contributed by atoms with Crippen molar-refractivity contribution in [2.45, 2.75) is 38.7 Å². The van der Waals surface area contributed by atoms with Gasteiger partial charge in [0.05, 0.1) is 18.9 Å². The molecule has 0 bridgehead atoms. The first-order chi connectivity index (χ1) is 12.0. The average Bonchev–Trinajstić information content (AvgIpc) is 3.15. The van der Waals surface area contributed by atoms with Crippen LogP contribution in [0.1, 0.15) is 51.9 Å². The molecule has 1 fully saturated rings. The first-order valence-corrected chi connectivity index (χ1v) is 8.97. The van der Waals surface area contributed by atoms with E-state index in [0.29, 0.717) is 18.2 Å². The van der Waals surface area contributed by atoms with E-state index in [1.165, 1.54) is 17.0 Å². The van der Waals surface area contributed by atoms with Gasteiger partial charge in [-0.2, -0.15) is 10.2 Å². The van der Waals surface area contributed by atoms with Crippen LogP contribution in [0.3, 0.4) is 0 Å². The molecule has 0 spiro atoms. The third-order valence-corrected chi connectivity index (χ3v) is 5.54. The van der Waals surface area contributed by atoms with Gasteiger partial charge in [0.2, 0.25) is 0 Å². The van der Waals surface area contributed by atoms with Gasteiger partial charge in [-0.05, 0) is 25.8 Å². The van der Waals surface area contributed by atoms with E-state index in [9.17, 15) is 4.79 Å². The van der Waals surface area contributed by atoms with Gasteiger partial charge in [0.25, 0.3) is 5.91 Å². The molecule has 0 radical (unpaired) electrons. The summed E-state index contributed by atoms with van der Waals surface area (Å²) in [5.74, 6) is 0.444. The van der Waals surface area contributed by atoms with Crippen molar-refractivity contribution in [3.8, 4) is 0 Å². The minimum absolute atomic E-state index is 0.0357. The topological polar surface area (TPSA) is 65.2 Å². The number of fused-ring (bicyclic) bond motifs is 1. The molecule has 7 nitrogen and oxygen atoms in total. The minimum atomic E-state index is 0.0357. The molecule has 1 amide bonds. The Bertz CT molecular complexity index is 779. The quantitative estimate of drug-likeness (QED) is 0.830. The van der Waals surface area contributed by atoms with Gasteiger partial charge in [-0.1, -0.05) is 0 Å². The Morgan fingerprint density at radius 1 is 1.20 bits per heavy atom. The summed E-state index contributed by atoms with van der Waals surface area (Å²) < 4.78 is 9.41. The second kappa shape index (κ2) is 6.29. The number of hydrogen-bond acceptors (Lipinski definition) is 4. The van der Waals surface area contributed by atoms with Crippen molar-refractivity contribution in [2.75, 3.05) is 19.7 Å². The summed E-state index contributed by atoms with van der Waals surface area (Å²) in [4.78, 5) is 14.6. The standard InChI is InChI=1S/C18H25N5O2/c1-12-10-15(19-21(12)2)18(24)23-7-4-13(5-8-23)17-14-11-25-9-6-16(14)22(3)20-17/h10,13H,4-9,11H2,1-3H3. The number of hydrogen-bond donors (Lipinski definition) is 0. The van der Waals surface area contributed by atoms with Crippen molar-refractivity contribution < 1.29 is 9.53 Å². The highest BCUT2D eigenvalue weighted by atomic mass is 16.5. The van der Waals surface area contributed by atoms with E-state index >= 15 is 0 Å². The zero-order valence-electron chi connectivity index (χ0n) is 15.2. The van der Waals surface area contributed by atoms with Gasteiger partial charge >= 0.3 is 0 Å². The van der Waals surface area contributed by atoms with Gasteiger partial charge in [-0.15, -0.1) is 0 Å². The van der Waals surface area contributed by atoms with Crippen LogP contribution in [0, 0.1) is 6.92 Å². The highest BCUT2D eigenvalue weighted by molar-refractivity contribution is 5.92. The number of ether oxygens (including phenoxy) is 1. The van der Waals surface area contributed by atoms with Crippen LogP contribution in [-0.2, 0) is 31.9 Å². The number of likely N-dealkylation sites (tertiary alicyclic amines) is 1. The van der Waals surface area contributed by atoms with Crippen LogP contribution in [-0.4, -0.2) is 50.1 Å². The van der Waals surface area contributed by atoms with Crippen LogP contribution < -0.4 is 0 Å². The monoisotopic (exact) mass is 343 g/mol. The van der Waals surface area contributed by atoms with Crippen LogP contribution in [0.4, 0.5) is 0 Å². The number of aryl methyl sites for hydroxylation is 3. The molecule has 4 heterocycles. The van der Waals surface area contributed by atoms with Crippen LogP contribution >= 0.6 is 0 Å². The maximum atomic E-state index is 12.7. The number of piperidine rings is 1. The summed E-state index contributed by atoms with van der Waals surface area (Å²) >= 11 is 0. The molecule has 2 aliphatic heterocycles. The molecule has 134 valence electrons. The van der Waals surface area contributed by atoms with Crippen molar-refractivity contribution in [3.63, 3.8) is 0 Å². The molecule has 0 unspecified atom stereocenters. The maximum Gasteiger partial charge on any atom is 0.274 e.